The number of alkyl halides is 3. The number of aliphatic carboxylic acids is 1. The van der Waals surface area contributed by atoms with Crippen LogP contribution in [0.15, 0.2) is 49.1 Å². The summed E-state index contributed by atoms with van der Waals surface area (Å²) in [6, 6.07) is 6.21. The lowest BCUT2D eigenvalue weighted by molar-refractivity contribution is -0.154. The van der Waals surface area contributed by atoms with Gasteiger partial charge in [0.15, 0.2) is 0 Å². The third kappa shape index (κ3) is 5.56. The van der Waals surface area contributed by atoms with Gasteiger partial charge in [0.2, 0.25) is 5.95 Å². The van der Waals surface area contributed by atoms with E-state index in [4.69, 9.17) is 0 Å². The standard InChI is InChI=1S/C27H27F3N6O3S/c1-25(2)14-26(39,6-4-19(25)22(37)38)23-32-12-20(40-23)16-8-15(17-11-33-36(3)13-17)9-18(10-16)34-24-31-7-5-21(35-24)27(28,29)30/h5,7-13,19,39H,4,6,14H2,1-3H3,(H,37,38)(H,31,34,35)/t19-,26-/m0/s1. The topological polar surface area (TPSA) is 126 Å². The molecule has 4 aromatic rings. The van der Waals surface area contributed by atoms with Gasteiger partial charge >= 0.3 is 12.1 Å². The number of halogens is 3. The van der Waals surface area contributed by atoms with Crippen LogP contribution in [-0.2, 0) is 23.6 Å². The lowest BCUT2D eigenvalue weighted by Gasteiger charge is -2.44. The number of hydrogen-bond donors (Lipinski definition) is 3. The summed E-state index contributed by atoms with van der Waals surface area (Å²) in [5.41, 5.74) is -0.269. The first-order chi connectivity index (χ1) is 18.7. The van der Waals surface area contributed by atoms with Crippen molar-refractivity contribution in [3.8, 4) is 21.6 Å². The molecule has 13 heteroatoms. The molecule has 0 bridgehead atoms. The van der Waals surface area contributed by atoms with Crippen LogP contribution in [0.25, 0.3) is 21.6 Å². The minimum absolute atomic E-state index is 0.208. The third-order valence-electron chi connectivity index (χ3n) is 7.20. The highest BCUT2D eigenvalue weighted by Crippen LogP contribution is 2.51. The van der Waals surface area contributed by atoms with E-state index in [2.05, 4.69) is 25.4 Å². The van der Waals surface area contributed by atoms with Crippen LogP contribution in [0.5, 0.6) is 0 Å². The minimum Gasteiger partial charge on any atom is -0.481 e. The molecule has 0 saturated heterocycles. The van der Waals surface area contributed by atoms with Crippen molar-refractivity contribution in [1.29, 1.82) is 0 Å². The molecule has 1 aliphatic carbocycles. The smallest absolute Gasteiger partial charge is 0.433 e. The van der Waals surface area contributed by atoms with E-state index in [-0.39, 0.29) is 18.8 Å². The van der Waals surface area contributed by atoms with Crippen LogP contribution in [0, 0.1) is 11.3 Å². The molecule has 2 atom stereocenters. The maximum atomic E-state index is 13.2. The number of carbonyl (C=O) groups is 1. The molecule has 0 spiro atoms. The Bertz CT molecular complexity index is 1570. The van der Waals surface area contributed by atoms with Gasteiger partial charge in [-0.15, -0.1) is 11.3 Å². The van der Waals surface area contributed by atoms with E-state index in [1.807, 2.05) is 26.1 Å². The number of hydrogen-bond acceptors (Lipinski definition) is 8. The number of aryl methyl sites for hydroxylation is 1. The number of aliphatic hydroxyl groups is 1. The Morgan fingerprint density at radius 2 is 1.90 bits per heavy atom. The average molecular weight is 573 g/mol. The van der Waals surface area contributed by atoms with Gasteiger partial charge in [-0.25, -0.2) is 15.0 Å². The molecule has 0 aliphatic heterocycles. The largest absolute Gasteiger partial charge is 0.481 e. The molecule has 1 aliphatic rings. The Morgan fingerprint density at radius 1 is 1.15 bits per heavy atom. The second-order valence-electron chi connectivity index (χ2n) is 10.7. The highest BCUT2D eigenvalue weighted by Gasteiger charge is 2.49. The van der Waals surface area contributed by atoms with Crippen LogP contribution in [0.4, 0.5) is 24.8 Å². The Kier molecular flexibility index (Phi) is 6.91. The Labute approximate surface area is 231 Å². The number of aromatic nitrogens is 5. The van der Waals surface area contributed by atoms with Gasteiger partial charge < -0.3 is 15.5 Å². The summed E-state index contributed by atoms with van der Waals surface area (Å²) < 4.78 is 41.2. The quantitative estimate of drug-likeness (QED) is 0.262. The summed E-state index contributed by atoms with van der Waals surface area (Å²) >= 11 is 1.29. The average Bonchev–Trinajstić information content (AvgIpc) is 3.53. The van der Waals surface area contributed by atoms with Crippen molar-refractivity contribution in [2.75, 3.05) is 5.32 Å². The molecule has 3 heterocycles. The zero-order valence-electron chi connectivity index (χ0n) is 21.9. The van der Waals surface area contributed by atoms with Crippen LogP contribution < -0.4 is 5.32 Å². The van der Waals surface area contributed by atoms with Crippen LogP contribution in [0.1, 0.15) is 43.8 Å². The molecular formula is C27H27F3N6O3S. The molecule has 40 heavy (non-hydrogen) atoms. The molecule has 5 rings (SSSR count). The molecular weight excluding hydrogens is 545 g/mol. The number of nitrogens with one attached hydrogen (secondary N) is 1. The SMILES string of the molecule is Cn1cc(-c2cc(Nc3nccc(C(F)(F)F)n3)cc(-c3cnc([C@]4(O)CC[C@@H](C(=O)O)C(C)(C)C4)s3)c2)cn1. The number of rotatable bonds is 6. The van der Waals surface area contributed by atoms with E-state index >= 15 is 0 Å². The number of anilines is 2. The van der Waals surface area contributed by atoms with Crippen molar-refractivity contribution in [3.05, 3.63) is 59.8 Å². The molecule has 3 N–H and O–H groups in total. The number of nitrogens with zero attached hydrogens (tertiary/aromatic N) is 5. The predicted molar refractivity (Wildman–Crippen MR) is 143 cm³/mol. The van der Waals surface area contributed by atoms with Gasteiger partial charge in [0.05, 0.1) is 17.0 Å². The Morgan fingerprint density at radius 3 is 2.55 bits per heavy atom. The lowest BCUT2D eigenvalue weighted by Crippen LogP contribution is -2.44. The van der Waals surface area contributed by atoms with E-state index in [9.17, 15) is 28.2 Å². The Hall–Kier alpha value is -3.84. The van der Waals surface area contributed by atoms with Crippen molar-refractivity contribution in [1.82, 2.24) is 24.7 Å². The Balaban J connectivity index is 1.50. The highest BCUT2D eigenvalue weighted by atomic mass is 32.1. The van der Waals surface area contributed by atoms with Crippen molar-refractivity contribution in [2.24, 2.45) is 18.4 Å². The summed E-state index contributed by atoms with van der Waals surface area (Å²) in [5.74, 6) is -1.64. The maximum Gasteiger partial charge on any atom is 0.433 e. The maximum absolute atomic E-state index is 13.2. The molecule has 3 aromatic heterocycles. The highest BCUT2D eigenvalue weighted by molar-refractivity contribution is 7.15. The van der Waals surface area contributed by atoms with Crippen molar-refractivity contribution in [2.45, 2.75) is 44.9 Å². The first kappa shape index (κ1) is 27.7. The monoisotopic (exact) mass is 572 g/mol. The van der Waals surface area contributed by atoms with E-state index in [0.29, 0.717) is 22.7 Å². The van der Waals surface area contributed by atoms with Crippen LogP contribution >= 0.6 is 11.3 Å². The van der Waals surface area contributed by atoms with Crippen molar-refractivity contribution >= 4 is 28.9 Å². The number of carboxylic acids is 1. The second-order valence-corrected chi connectivity index (χ2v) is 11.8. The van der Waals surface area contributed by atoms with Gasteiger partial charge in [0.25, 0.3) is 0 Å². The number of benzene rings is 1. The van der Waals surface area contributed by atoms with Crippen LogP contribution in [0.2, 0.25) is 0 Å². The zero-order chi connectivity index (χ0) is 28.9. The fourth-order valence-electron chi connectivity index (χ4n) is 5.29. The summed E-state index contributed by atoms with van der Waals surface area (Å²) in [6.45, 7) is 3.69. The summed E-state index contributed by atoms with van der Waals surface area (Å²) in [4.78, 5) is 24.5. The van der Waals surface area contributed by atoms with Crippen LogP contribution in [0.3, 0.4) is 0 Å². The van der Waals surface area contributed by atoms with E-state index in [0.717, 1.165) is 28.3 Å². The molecule has 1 aromatic carbocycles. The molecule has 1 fully saturated rings. The first-order valence-electron chi connectivity index (χ1n) is 12.5. The summed E-state index contributed by atoms with van der Waals surface area (Å²) in [6.07, 6.45) is 2.41. The van der Waals surface area contributed by atoms with E-state index in [1.54, 1.807) is 36.3 Å². The fraction of sp³-hybridized carbons (Fsp3) is 0.370. The first-order valence-corrected chi connectivity index (χ1v) is 13.3. The third-order valence-corrected chi connectivity index (χ3v) is 8.44. The molecule has 0 unspecified atom stereocenters. The van der Waals surface area contributed by atoms with Crippen molar-refractivity contribution < 1.29 is 28.2 Å². The summed E-state index contributed by atoms with van der Waals surface area (Å²) in [7, 11) is 1.78. The van der Waals surface area contributed by atoms with E-state index in [1.165, 1.54) is 11.3 Å². The van der Waals surface area contributed by atoms with Crippen LogP contribution in [-0.4, -0.2) is 40.9 Å². The fourth-order valence-corrected chi connectivity index (χ4v) is 6.31. The minimum atomic E-state index is -4.61. The predicted octanol–water partition coefficient (Wildman–Crippen LogP) is 5.86. The number of thiazole rings is 1. The molecule has 1 saturated carbocycles. The summed E-state index contributed by atoms with van der Waals surface area (Å²) in [5, 5.41) is 28.7. The normalized spacial score (nSPS) is 20.8. The number of carboxylic acid groups (broad SMARTS) is 1. The lowest BCUT2D eigenvalue weighted by atomic mass is 9.63. The molecule has 210 valence electrons. The molecule has 9 nitrogen and oxygen atoms in total. The molecule has 0 radical (unpaired) electrons. The van der Waals surface area contributed by atoms with Crippen molar-refractivity contribution in [3.63, 3.8) is 0 Å². The van der Waals surface area contributed by atoms with E-state index < -0.39 is 34.8 Å². The van der Waals surface area contributed by atoms with Gasteiger partial charge in [-0.2, -0.15) is 18.3 Å². The van der Waals surface area contributed by atoms with Gasteiger partial charge in [0.1, 0.15) is 16.3 Å². The van der Waals surface area contributed by atoms with Gasteiger partial charge in [-0.1, -0.05) is 13.8 Å². The second kappa shape index (κ2) is 9.97. The van der Waals surface area contributed by atoms with Gasteiger partial charge in [-0.3, -0.25) is 9.48 Å². The van der Waals surface area contributed by atoms with Gasteiger partial charge in [0, 0.05) is 36.9 Å². The van der Waals surface area contributed by atoms with Gasteiger partial charge in [-0.05, 0) is 60.1 Å². The zero-order valence-corrected chi connectivity index (χ0v) is 22.7. The molecule has 0 amide bonds.